The van der Waals surface area contributed by atoms with Gasteiger partial charge in [-0.05, 0) is 72.3 Å². The van der Waals surface area contributed by atoms with E-state index in [0.29, 0.717) is 5.82 Å². The van der Waals surface area contributed by atoms with E-state index in [0.717, 1.165) is 61.6 Å². The Bertz CT molecular complexity index is 3120. The lowest BCUT2D eigenvalue weighted by Crippen LogP contribution is -1.97. The lowest BCUT2D eigenvalue weighted by molar-refractivity contribution is 1.14. The van der Waals surface area contributed by atoms with Crippen LogP contribution in [0, 0.1) is 0 Å². The molecule has 0 fully saturated rings. The van der Waals surface area contributed by atoms with Crippen LogP contribution < -0.4 is 0 Å². The summed E-state index contributed by atoms with van der Waals surface area (Å²) in [6, 6.07) is 66.4. The van der Waals surface area contributed by atoms with Crippen molar-refractivity contribution in [2.75, 3.05) is 0 Å². The van der Waals surface area contributed by atoms with E-state index in [4.69, 9.17) is 15.0 Å². The summed E-state index contributed by atoms with van der Waals surface area (Å²) in [6.07, 6.45) is 3.78. The number of rotatable bonds is 6. The number of hydrogen-bond donors (Lipinski definition) is 0. The number of para-hydroxylation sites is 3. The van der Waals surface area contributed by atoms with Crippen LogP contribution in [0.2, 0.25) is 0 Å². The topological polar surface area (TPSA) is 48.5 Å². The predicted octanol–water partition coefficient (Wildman–Crippen LogP) is 12.7. The number of pyridine rings is 1. The molecule has 11 aromatic rings. The summed E-state index contributed by atoms with van der Waals surface area (Å²) in [5.74, 6) is 0.640. The normalized spacial score (nSPS) is 11.6. The molecule has 4 heterocycles. The van der Waals surface area contributed by atoms with Crippen molar-refractivity contribution in [3.05, 3.63) is 200 Å². The Morgan fingerprint density at radius 2 is 0.750 bits per heavy atom. The van der Waals surface area contributed by atoms with E-state index in [1.807, 2.05) is 48.8 Å². The van der Waals surface area contributed by atoms with Crippen molar-refractivity contribution in [1.82, 2.24) is 24.1 Å². The molecule has 0 N–H and O–H groups in total. The Hall–Kier alpha value is -7.63. The van der Waals surface area contributed by atoms with E-state index < -0.39 is 0 Å². The van der Waals surface area contributed by atoms with Crippen molar-refractivity contribution in [3.8, 4) is 56.4 Å². The minimum absolute atomic E-state index is 0.640. The number of aromatic nitrogens is 5. The third-order valence-electron chi connectivity index (χ3n) is 10.8. The third-order valence-corrected chi connectivity index (χ3v) is 10.8. The van der Waals surface area contributed by atoms with Gasteiger partial charge in [-0.1, -0.05) is 121 Å². The molecule has 0 atom stereocenters. The van der Waals surface area contributed by atoms with Crippen molar-refractivity contribution in [3.63, 3.8) is 0 Å². The van der Waals surface area contributed by atoms with Gasteiger partial charge in [-0.15, -0.1) is 0 Å². The second-order valence-electron chi connectivity index (χ2n) is 14.1. The summed E-state index contributed by atoms with van der Waals surface area (Å²) in [7, 11) is 0. The minimum Gasteiger partial charge on any atom is -0.309 e. The smallest absolute Gasteiger partial charge is 0.161 e. The Morgan fingerprint density at radius 3 is 1.29 bits per heavy atom. The molecule has 0 aliphatic carbocycles. The molecule has 0 aliphatic rings. The summed E-state index contributed by atoms with van der Waals surface area (Å²) < 4.78 is 4.73. The molecule has 5 nitrogen and oxygen atoms in total. The first-order valence-electron chi connectivity index (χ1n) is 18.8. The van der Waals surface area contributed by atoms with Gasteiger partial charge in [-0.25, -0.2) is 9.97 Å². The van der Waals surface area contributed by atoms with Crippen LogP contribution in [0.25, 0.3) is 100 Å². The number of nitrogens with zero attached hydrogens (tertiary/aromatic N) is 5. The van der Waals surface area contributed by atoms with Gasteiger partial charge in [-0.2, -0.15) is 0 Å². The number of benzene rings is 7. The van der Waals surface area contributed by atoms with Crippen LogP contribution in [0.4, 0.5) is 0 Å². The zero-order chi connectivity index (χ0) is 37.0. The average Bonchev–Trinajstić information content (AvgIpc) is 3.80. The molecule has 0 aliphatic heterocycles. The molecule has 7 aromatic carbocycles. The van der Waals surface area contributed by atoms with Crippen LogP contribution >= 0.6 is 0 Å². The maximum absolute atomic E-state index is 5.06. The van der Waals surface area contributed by atoms with Gasteiger partial charge in [0, 0.05) is 67.6 Å². The largest absolute Gasteiger partial charge is 0.309 e. The molecular weight excluding hydrogens is 683 g/mol. The van der Waals surface area contributed by atoms with Crippen LogP contribution in [0.3, 0.4) is 0 Å². The van der Waals surface area contributed by atoms with Crippen molar-refractivity contribution >= 4 is 43.6 Å². The SMILES string of the molecule is c1ccc(-c2cc(-c3ccccc3)nc(-c3cncc(-c4ccc5c(c4)c4ccccc4n5-c4ccc(-n5c6ccccc6c6ccccc65)cc4)c3)n2)cc1. The van der Waals surface area contributed by atoms with Gasteiger partial charge < -0.3 is 9.13 Å². The first-order chi connectivity index (χ1) is 27.8. The maximum atomic E-state index is 5.06. The fraction of sp³-hybridized carbons (Fsp3) is 0. The lowest BCUT2D eigenvalue weighted by atomic mass is 10.0. The van der Waals surface area contributed by atoms with E-state index in [2.05, 4.69) is 161 Å². The highest BCUT2D eigenvalue weighted by atomic mass is 15.0. The molecule has 0 saturated heterocycles. The number of hydrogen-bond acceptors (Lipinski definition) is 3. The summed E-state index contributed by atoms with van der Waals surface area (Å²) >= 11 is 0. The monoisotopic (exact) mass is 715 g/mol. The molecule has 262 valence electrons. The van der Waals surface area contributed by atoms with Crippen LogP contribution in [0.15, 0.2) is 200 Å². The minimum atomic E-state index is 0.640. The molecule has 0 unspecified atom stereocenters. The van der Waals surface area contributed by atoms with Gasteiger partial charge in [0.1, 0.15) is 0 Å². The summed E-state index contributed by atoms with van der Waals surface area (Å²) in [5.41, 5.74) is 13.8. The second kappa shape index (κ2) is 13.0. The van der Waals surface area contributed by atoms with Gasteiger partial charge in [0.15, 0.2) is 5.82 Å². The molecule has 0 bridgehead atoms. The Morgan fingerprint density at radius 1 is 0.304 bits per heavy atom. The van der Waals surface area contributed by atoms with Crippen molar-refractivity contribution in [2.45, 2.75) is 0 Å². The van der Waals surface area contributed by atoms with Gasteiger partial charge >= 0.3 is 0 Å². The molecule has 11 rings (SSSR count). The maximum Gasteiger partial charge on any atom is 0.161 e. The summed E-state index contributed by atoms with van der Waals surface area (Å²) in [6.45, 7) is 0. The van der Waals surface area contributed by atoms with Crippen LogP contribution in [-0.2, 0) is 0 Å². The van der Waals surface area contributed by atoms with Crippen molar-refractivity contribution in [1.29, 1.82) is 0 Å². The Kier molecular flexibility index (Phi) is 7.42. The van der Waals surface area contributed by atoms with Gasteiger partial charge in [0.05, 0.1) is 33.5 Å². The highest BCUT2D eigenvalue weighted by Crippen LogP contribution is 2.37. The second-order valence-corrected chi connectivity index (χ2v) is 14.1. The molecule has 0 spiro atoms. The molecule has 0 radical (unpaired) electrons. The molecule has 56 heavy (non-hydrogen) atoms. The highest BCUT2D eigenvalue weighted by Gasteiger charge is 2.17. The van der Waals surface area contributed by atoms with Crippen LogP contribution in [0.1, 0.15) is 0 Å². The highest BCUT2D eigenvalue weighted by molar-refractivity contribution is 6.11. The molecule has 0 saturated carbocycles. The van der Waals surface area contributed by atoms with E-state index in [1.165, 1.54) is 32.6 Å². The van der Waals surface area contributed by atoms with E-state index in [9.17, 15) is 0 Å². The standard InChI is InChI=1S/C51H33N5/c1-3-13-34(14-4-1)45-31-46(35-15-5-2-6-16-35)54-51(53-45)38-29-37(32-52-33-38)36-23-28-50-44(30-36)43-19-9-12-22-49(43)56(50)40-26-24-39(25-27-40)55-47-20-10-7-17-41(47)42-18-8-11-21-48(42)55/h1-33H. The Balaban J connectivity index is 1.00. The molecule has 0 amide bonds. The van der Waals surface area contributed by atoms with Gasteiger partial charge in [0.2, 0.25) is 0 Å². The van der Waals surface area contributed by atoms with Crippen molar-refractivity contribution in [2.24, 2.45) is 0 Å². The predicted molar refractivity (Wildman–Crippen MR) is 230 cm³/mol. The van der Waals surface area contributed by atoms with Crippen LogP contribution in [0.5, 0.6) is 0 Å². The first kappa shape index (κ1) is 31.9. The fourth-order valence-electron chi connectivity index (χ4n) is 8.19. The fourth-order valence-corrected chi connectivity index (χ4v) is 8.19. The van der Waals surface area contributed by atoms with Gasteiger partial charge in [-0.3, -0.25) is 4.98 Å². The van der Waals surface area contributed by atoms with Gasteiger partial charge in [0.25, 0.3) is 0 Å². The first-order valence-corrected chi connectivity index (χ1v) is 18.8. The zero-order valence-electron chi connectivity index (χ0n) is 30.3. The molecule has 5 heteroatoms. The van der Waals surface area contributed by atoms with E-state index in [1.54, 1.807) is 0 Å². The number of fused-ring (bicyclic) bond motifs is 6. The van der Waals surface area contributed by atoms with E-state index in [-0.39, 0.29) is 0 Å². The quantitative estimate of drug-likeness (QED) is 0.172. The van der Waals surface area contributed by atoms with Crippen LogP contribution in [-0.4, -0.2) is 24.1 Å². The van der Waals surface area contributed by atoms with E-state index >= 15 is 0 Å². The van der Waals surface area contributed by atoms with Crippen molar-refractivity contribution < 1.29 is 0 Å². The Labute approximate surface area is 323 Å². The lowest BCUT2D eigenvalue weighted by Gasteiger charge is -2.12. The zero-order valence-corrected chi connectivity index (χ0v) is 30.3. The average molecular weight is 716 g/mol. The summed E-state index contributed by atoms with van der Waals surface area (Å²) in [4.78, 5) is 14.8. The molecule has 4 aromatic heterocycles. The molecular formula is C51H33N5. The summed E-state index contributed by atoms with van der Waals surface area (Å²) in [5, 5.41) is 4.91. The third kappa shape index (κ3) is 5.29.